The molecule has 0 aromatic carbocycles. The molecule has 1 rings (SSSR count). The first-order valence-electron chi connectivity index (χ1n) is 9.16. The van der Waals surface area contributed by atoms with E-state index in [2.05, 4.69) is 50.1 Å². The maximum absolute atomic E-state index is 3.81. The number of likely N-dealkylation sites (N-methyl/N-ethyl adjacent to an activating group) is 1. The van der Waals surface area contributed by atoms with Crippen LogP contribution < -0.4 is 5.32 Å². The second-order valence-corrected chi connectivity index (χ2v) is 7.23. The lowest BCUT2D eigenvalue weighted by Gasteiger charge is -2.42. The maximum Gasteiger partial charge on any atom is 0.0248 e. The molecular weight excluding hydrogens is 258 g/mol. The fourth-order valence-electron chi connectivity index (χ4n) is 3.76. The standard InChI is InChI=1S/C18H39N3/c1-6-9-16-10-11-17(19-12-7-2)18(15-16)21(5)14-8-13-20(3)4/h16-19H,6-15H2,1-5H3. The van der Waals surface area contributed by atoms with E-state index in [1.165, 1.54) is 64.6 Å². The molecule has 21 heavy (non-hydrogen) atoms. The van der Waals surface area contributed by atoms with Gasteiger partial charge in [0.1, 0.15) is 0 Å². The maximum atomic E-state index is 3.81. The van der Waals surface area contributed by atoms with E-state index in [0.717, 1.165) is 12.0 Å². The Morgan fingerprint density at radius 3 is 2.38 bits per heavy atom. The summed E-state index contributed by atoms with van der Waals surface area (Å²) in [6.07, 6.45) is 9.47. The summed E-state index contributed by atoms with van der Waals surface area (Å²) in [7, 11) is 6.68. The molecule has 1 aliphatic carbocycles. The van der Waals surface area contributed by atoms with E-state index in [9.17, 15) is 0 Å². The molecule has 1 fully saturated rings. The minimum Gasteiger partial charge on any atom is -0.312 e. The Labute approximate surface area is 133 Å². The molecule has 126 valence electrons. The van der Waals surface area contributed by atoms with Gasteiger partial charge in [-0.05, 0) is 78.8 Å². The number of nitrogens with zero attached hydrogens (tertiary/aromatic N) is 2. The minimum absolute atomic E-state index is 0.711. The highest BCUT2D eigenvalue weighted by Gasteiger charge is 2.31. The van der Waals surface area contributed by atoms with E-state index >= 15 is 0 Å². The third-order valence-corrected chi connectivity index (χ3v) is 4.96. The molecular formula is C18H39N3. The van der Waals surface area contributed by atoms with Gasteiger partial charge in [0.15, 0.2) is 0 Å². The summed E-state index contributed by atoms with van der Waals surface area (Å²) in [4.78, 5) is 4.93. The van der Waals surface area contributed by atoms with Crippen LogP contribution >= 0.6 is 0 Å². The van der Waals surface area contributed by atoms with Crippen LogP contribution in [0.3, 0.4) is 0 Å². The molecule has 0 spiro atoms. The van der Waals surface area contributed by atoms with Crippen LogP contribution in [0.4, 0.5) is 0 Å². The molecule has 3 atom stereocenters. The molecule has 0 amide bonds. The van der Waals surface area contributed by atoms with Gasteiger partial charge in [-0.25, -0.2) is 0 Å². The van der Waals surface area contributed by atoms with Gasteiger partial charge in [-0.1, -0.05) is 26.7 Å². The lowest BCUT2D eigenvalue weighted by Crippen LogP contribution is -2.52. The fraction of sp³-hybridized carbons (Fsp3) is 1.00. The average molecular weight is 298 g/mol. The SMILES string of the molecule is CCCNC1CCC(CCC)CC1N(C)CCCN(C)C. The number of hydrogen-bond acceptors (Lipinski definition) is 3. The summed E-state index contributed by atoms with van der Waals surface area (Å²) in [5.74, 6) is 0.955. The summed E-state index contributed by atoms with van der Waals surface area (Å²) in [6.45, 7) is 8.20. The Kier molecular flexibility index (Phi) is 9.54. The smallest absolute Gasteiger partial charge is 0.0248 e. The summed E-state index contributed by atoms with van der Waals surface area (Å²) >= 11 is 0. The molecule has 0 radical (unpaired) electrons. The van der Waals surface area contributed by atoms with Crippen LogP contribution in [0.25, 0.3) is 0 Å². The summed E-state index contributed by atoms with van der Waals surface area (Å²) in [5.41, 5.74) is 0. The Balaban J connectivity index is 2.50. The lowest BCUT2D eigenvalue weighted by molar-refractivity contribution is 0.113. The molecule has 1 saturated carbocycles. The Hall–Kier alpha value is -0.120. The van der Waals surface area contributed by atoms with Crippen LogP contribution in [0.2, 0.25) is 0 Å². The van der Waals surface area contributed by atoms with Crippen molar-refractivity contribution in [3.05, 3.63) is 0 Å². The molecule has 0 bridgehead atoms. The van der Waals surface area contributed by atoms with Crippen LogP contribution in [0.5, 0.6) is 0 Å². The monoisotopic (exact) mass is 297 g/mol. The highest BCUT2D eigenvalue weighted by atomic mass is 15.2. The zero-order valence-electron chi connectivity index (χ0n) is 15.2. The van der Waals surface area contributed by atoms with E-state index in [4.69, 9.17) is 0 Å². The van der Waals surface area contributed by atoms with Crippen molar-refractivity contribution in [2.24, 2.45) is 5.92 Å². The van der Waals surface area contributed by atoms with E-state index in [1.807, 2.05) is 0 Å². The van der Waals surface area contributed by atoms with E-state index in [0.29, 0.717) is 6.04 Å². The summed E-state index contributed by atoms with van der Waals surface area (Å²) in [5, 5.41) is 3.81. The number of rotatable bonds is 10. The zero-order valence-corrected chi connectivity index (χ0v) is 15.2. The van der Waals surface area contributed by atoms with Gasteiger partial charge in [0.05, 0.1) is 0 Å². The quantitative estimate of drug-likeness (QED) is 0.668. The number of hydrogen-bond donors (Lipinski definition) is 1. The molecule has 0 aromatic heterocycles. The molecule has 1 N–H and O–H groups in total. The second kappa shape index (κ2) is 10.6. The predicted molar refractivity (Wildman–Crippen MR) is 93.9 cm³/mol. The van der Waals surface area contributed by atoms with Crippen molar-refractivity contribution in [1.82, 2.24) is 15.1 Å². The second-order valence-electron chi connectivity index (χ2n) is 7.23. The molecule has 0 heterocycles. The van der Waals surface area contributed by atoms with Gasteiger partial charge in [-0.3, -0.25) is 0 Å². The van der Waals surface area contributed by atoms with Crippen molar-refractivity contribution in [3.63, 3.8) is 0 Å². The third-order valence-electron chi connectivity index (χ3n) is 4.96. The van der Waals surface area contributed by atoms with Gasteiger partial charge in [0, 0.05) is 12.1 Å². The van der Waals surface area contributed by atoms with Gasteiger partial charge in [0.25, 0.3) is 0 Å². The van der Waals surface area contributed by atoms with Crippen molar-refractivity contribution in [2.75, 3.05) is 40.8 Å². The largest absolute Gasteiger partial charge is 0.312 e. The van der Waals surface area contributed by atoms with Crippen molar-refractivity contribution in [1.29, 1.82) is 0 Å². The average Bonchev–Trinajstić information content (AvgIpc) is 2.45. The molecule has 0 aromatic rings. The number of nitrogens with one attached hydrogen (secondary N) is 1. The molecule has 0 saturated heterocycles. The first kappa shape index (κ1) is 18.9. The van der Waals surface area contributed by atoms with E-state index in [-0.39, 0.29) is 0 Å². The zero-order chi connectivity index (χ0) is 15.7. The lowest BCUT2D eigenvalue weighted by atomic mass is 9.79. The van der Waals surface area contributed by atoms with Gasteiger partial charge < -0.3 is 15.1 Å². The molecule has 3 nitrogen and oxygen atoms in total. The summed E-state index contributed by atoms with van der Waals surface area (Å²) in [6, 6.07) is 1.45. The fourth-order valence-corrected chi connectivity index (χ4v) is 3.76. The normalized spacial score (nSPS) is 26.7. The van der Waals surface area contributed by atoms with Crippen molar-refractivity contribution >= 4 is 0 Å². The molecule has 3 unspecified atom stereocenters. The van der Waals surface area contributed by atoms with Crippen LogP contribution in [0.15, 0.2) is 0 Å². The van der Waals surface area contributed by atoms with Crippen molar-refractivity contribution in [3.8, 4) is 0 Å². The van der Waals surface area contributed by atoms with Crippen LogP contribution in [0.1, 0.15) is 58.8 Å². The van der Waals surface area contributed by atoms with Crippen LogP contribution in [-0.2, 0) is 0 Å². The third kappa shape index (κ3) is 7.12. The van der Waals surface area contributed by atoms with Crippen LogP contribution in [-0.4, -0.2) is 62.7 Å². The first-order chi connectivity index (χ1) is 10.1. The van der Waals surface area contributed by atoms with Crippen LogP contribution in [0, 0.1) is 5.92 Å². The Morgan fingerprint density at radius 1 is 1.00 bits per heavy atom. The molecule has 3 heteroatoms. The van der Waals surface area contributed by atoms with Crippen molar-refractivity contribution < 1.29 is 0 Å². The minimum atomic E-state index is 0.711. The molecule has 1 aliphatic rings. The highest BCUT2D eigenvalue weighted by molar-refractivity contribution is 4.90. The first-order valence-corrected chi connectivity index (χ1v) is 9.16. The molecule has 0 aliphatic heterocycles. The van der Waals surface area contributed by atoms with Gasteiger partial charge in [-0.15, -0.1) is 0 Å². The van der Waals surface area contributed by atoms with Gasteiger partial charge in [0.2, 0.25) is 0 Å². The Morgan fingerprint density at radius 2 is 1.76 bits per heavy atom. The van der Waals surface area contributed by atoms with Gasteiger partial charge >= 0.3 is 0 Å². The van der Waals surface area contributed by atoms with Gasteiger partial charge in [-0.2, -0.15) is 0 Å². The Bertz CT molecular complexity index is 255. The van der Waals surface area contributed by atoms with E-state index in [1.54, 1.807) is 0 Å². The summed E-state index contributed by atoms with van der Waals surface area (Å²) < 4.78 is 0. The predicted octanol–water partition coefficient (Wildman–Crippen LogP) is 3.21. The van der Waals surface area contributed by atoms with Crippen molar-refractivity contribution in [2.45, 2.75) is 70.9 Å². The highest BCUT2D eigenvalue weighted by Crippen LogP contribution is 2.30. The topological polar surface area (TPSA) is 18.5 Å². The van der Waals surface area contributed by atoms with E-state index < -0.39 is 0 Å².